The molecule has 4 nitrogen and oxygen atoms in total. The van der Waals surface area contributed by atoms with Gasteiger partial charge in [0.2, 0.25) is 0 Å². The van der Waals surface area contributed by atoms with E-state index in [2.05, 4.69) is 36.8 Å². The third kappa shape index (κ3) is 4.85. The molecule has 0 fully saturated rings. The molecule has 0 radical (unpaired) electrons. The summed E-state index contributed by atoms with van der Waals surface area (Å²) in [5, 5.41) is 12.4. The molecule has 1 aromatic heterocycles. The summed E-state index contributed by atoms with van der Waals surface area (Å²) in [6, 6.07) is 4.52. The van der Waals surface area contributed by atoms with Gasteiger partial charge in [-0.3, -0.25) is 0 Å². The molecule has 0 amide bonds. The molecule has 0 saturated carbocycles. The van der Waals surface area contributed by atoms with E-state index < -0.39 is 0 Å². The highest BCUT2D eigenvalue weighted by atomic mass is 16.3. The Kier molecular flexibility index (Phi) is 6.39. The zero-order valence-electron chi connectivity index (χ0n) is 11.3. The van der Waals surface area contributed by atoms with Crippen LogP contribution in [-0.2, 0) is 6.54 Å². The first-order chi connectivity index (χ1) is 8.67. The van der Waals surface area contributed by atoms with Crippen LogP contribution in [0.2, 0.25) is 0 Å². The number of aliphatic hydroxyl groups is 1. The summed E-state index contributed by atoms with van der Waals surface area (Å²) >= 11 is 0. The van der Waals surface area contributed by atoms with Crippen LogP contribution in [0.25, 0.3) is 0 Å². The van der Waals surface area contributed by atoms with Crippen molar-refractivity contribution in [3.8, 4) is 0 Å². The third-order valence-corrected chi connectivity index (χ3v) is 2.57. The second kappa shape index (κ2) is 7.84. The molecule has 1 aromatic rings. The van der Waals surface area contributed by atoms with Gasteiger partial charge in [0.25, 0.3) is 0 Å². The fourth-order valence-corrected chi connectivity index (χ4v) is 1.64. The zero-order chi connectivity index (χ0) is 13.4. The minimum absolute atomic E-state index is 0.115. The third-order valence-electron chi connectivity index (χ3n) is 2.57. The molecule has 4 heteroatoms. The fourth-order valence-electron chi connectivity index (χ4n) is 1.64. The molecule has 2 N–H and O–H groups in total. The Morgan fingerprint density at radius 1 is 1.56 bits per heavy atom. The number of aliphatic hydroxyl groups excluding tert-OH is 1. The lowest BCUT2D eigenvalue weighted by atomic mass is 10.2. The Bertz CT molecular complexity index is 366. The Morgan fingerprint density at radius 2 is 2.33 bits per heavy atom. The highest BCUT2D eigenvalue weighted by Gasteiger charge is 2.06. The van der Waals surface area contributed by atoms with Gasteiger partial charge in [-0.2, -0.15) is 0 Å². The van der Waals surface area contributed by atoms with Gasteiger partial charge in [-0.05, 0) is 17.7 Å². The Labute approximate surface area is 109 Å². The number of nitrogens with zero attached hydrogens (tertiary/aromatic N) is 2. The Morgan fingerprint density at radius 3 is 2.94 bits per heavy atom. The van der Waals surface area contributed by atoms with E-state index in [-0.39, 0.29) is 6.61 Å². The van der Waals surface area contributed by atoms with Crippen molar-refractivity contribution in [2.45, 2.75) is 26.4 Å². The van der Waals surface area contributed by atoms with E-state index in [1.807, 2.05) is 17.0 Å². The van der Waals surface area contributed by atoms with E-state index in [1.54, 1.807) is 6.20 Å². The minimum Gasteiger partial charge on any atom is -0.395 e. The van der Waals surface area contributed by atoms with E-state index in [9.17, 15) is 0 Å². The van der Waals surface area contributed by atoms with Crippen molar-refractivity contribution in [1.29, 1.82) is 0 Å². The van der Waals surface area contributed by atoms with Crippen molar-refractivity contribution in [2.24, 2.45) is 0 Å². The van der Waals surface area contributed by atoms with Gasteiger partial charge in [0.15, 0.2) is 0 Å². The molecular formula is C14H23N3O. The first-order valence-corrected chi connectivity index (χ1v) is 6.32. The maximum absolute atomic E-state index is 9.05. The van der Waals surface area contributed by atoms with E-state index in [4.69, 9.17) is 5.11 Å². The molecule has 0 aliphatic heterocycles. The van der Waals surface area contributed by atoms with Crippen LogP contribution in [0.5, 0.6) is 0 Å². The van der Waals surface area contributed by atoms with Crippen LogP contribution in [0.1, 0.15) is 19.4 Å². The molecule has 0 saturated heterocycles. The van der Waals surface area contributed by atoms with Crippen LogP contribution < -0.4 is 10.2 Å². The number of hydrogen-bond acceptors (Lipinski definition) is 4. The van der Waals surface area contributed by atoms with Crippen molar-refractivity contribution in [2.75, 3.05) is 24.6 Å². The number of hydrogen-bond donors (Lipinski definition) is 2. The molecule has 0 aliphatic carbocycles. The largest absolute Gasteiger partial charge is 0.395 e. The molecule has 100 valence electrons. The number of pyridine rings is 1. The first-order valence-electron chi connectivity index (χ1n) is 6.32. The molecular weight excluding hydrogens is 226 g/mol. The normalized spacial score (nSPS) is 10.7. The molecule has 1 rings (SSSR count). The quantitative estimate of drug-likeness (QED) is 0.687. The molecule has 0 unspecified atom stereocenters. The molecule has 0 spiro atoms. The van der Waals surface area contributed by atoms with Gasteiger partial charge in [-0.25, -0.2) is 4.98 Å². The van der Waals surface area contributed by atoms with Gasteiger partial charge in [0, 0.05) is 31.9 Å². The SMILES string of the molecule is C=CCN(CCO)c1cc(CNC(C)C)ccn1. The zero-order valence-corrected chi connectivity index (χ0v) is 11.3. The van der Waals surface area contributed by atoms with Gasteiger partial charge in [-0.15, -0.1) is 6.58 Å². The lowest BCUT2D eigenvalue weighted by Gasteiger charge is -2.21. The van der Waals surface area contributed by atoms with Crippen molar-refractivity contribution in [1.82, 2.24) is 10.3 Å². The van der Waals surface area contributed by atoms with E-state index >= 15 is 0 Å². The van der Waals surface area contributed by atoms with Crippen LogP contribution >= 0.6 is 0 Å². The molecule has 0 atom stereocenters. The Balaban J connectivity index is 2.74. The van der Waals surface area contributed by atoms with E-state index in [1.165, 1.54) is 5.56 Å². The molecule has 18 heavy (non-hydrogen) atoms. The smallest absolute Gasteiger partial charge is 0.129 e. The fraction of sp³-hybridized carbons (Fsp3) is 0.500. The van der Waals surface area contributed by atoms with Crippen LogP contribution in [0.4, 0.5) is 5.82 Å². The highest BCUT2D eigenvalue weighted by Crippen LogP contribution is 2.12. The van der Waals surface area contributed by atoms with Crippen LogP contribution in [0, 0.1) is 0 Å². The summed E-state index contributed by atoms with van der Waals surface area (Å²) in [5.41, 5.74) is 1.20. The summed E-state index contributed by atoms with van der Waals surface area (Å²) in [4.78, 5) is 6.35. The molecule has 0 aliphatic rings. The number of aromatic nitrogens is 1. The van der Waals surface area contributed by atoms with Gasteiger partial charge in [0.05, 0.1) is 6.61 Å². The van der Waals surface area contributed by atoms with Crippen molar-refractivity contribution < 1.29 is 5.11 Å². The maximum Gasteiger partial charge on any atom is 0.129 e. The lowest BCUT2D eigenvalue weighted by molar-refractivity contribution is 0.302. The second-order valence-corrected chi connectivity index (χ2v) is 4.52. The number of anilines is 1. The van der Waals surface area contributed by atoms with E-state index in [0.717, 1.165) is 12.4 Å². The van der Waals surface area contributed by atoms with Gasteiger partial charge >= 0.3 is 0 Å². The predicted molar refractivity (Wildman–Crippen MR) is 75.7 cm³/mol. The maximum atomic E-state index is 9.05. The van der Waals surface area contributed by atoms with Gasteiger partial charge in [0.1, 0.15) is 5.82 Å². The average Bonchev–Trinajstić information content (AvgIpc) is 2.36. The molecule has 0 bridgehead atoms. The summed E-state index contributed by atoms with van der Waals surface area (Å²) < 4.78 is 0. The Hall–Kier alpha value is -1.39. The van der Waals surface area contributed by atoms with Gasteiger partial charge in [-0.1, -0.05) is 19.9 Å². The summed E-state index contributed by atoms with van der Waals surface area (Å²) in [5.74, 6) is 0.881. The minimum atomic E-state index is 0.115. The number of rotatable bonds is 8. The molecule has 1 heterocycles. The molecule has 0 aromatic carbocycles. The van der Waals surface area contributed by atoms with Crippen molar-refractivity contribution in [3.05, 3.63) is 36.5 Å². The predicted octanol–water partition coefficient (Wildman–Crippen LogP) is 1.56. The van der Waals surface area contributed by atoms with E-state index in [0.29, 0.717) is 19.1 Å². The summed E-state index contributed by atoms with van der Waals surface area (Å²) in [6.45, 7) is 10.2. The lowest BCUT2D eigenvalue weighted by Crippen LogP contribution is -2.28. The van der Waals surface area contributed by atoms with Crippen LogP contribution in [-0.4, -0.2) is 35.8 Å². The van der Waals surface area contributed by atoms with Crippen molar-refractivity contribution >= 4 is 5.82 Å². The monoisotopic (exact) mass is 249 g/mol. The number of nitrogens with one attached hydrogen (secondary N) is 1. The summed E-state index contributed by atoms with van der Waals surface area (Å²) in [7, 11) is 0. The highest BCUT2D eigenvalue weighted by molar-refractivity contribution is 5.41. The summed E-state index contributed by atoms with van der Waals surface area (Å²) in [6.07, 6.45) is 3.62. The average molecular weight is 249 g/mol. The van der Waals surface area contributed by atoms with Gasteiger partial charge < -0.3 is 15.3 Å². The van der Waals surface area contributed by atoms with Crippen LogP contribution in [0.15, 0.2) is 31.0 Å². The first kappa shape index (κ1) is 14.7. The van der Waals surface area contributed by atoms with Crippen molar-refractivity contribution in [3.63, 3.8) is 0 Å². The standard InChI is InChI=1S/C14H23N3O/c1-4-7-17(8-9-18)14-10-13(5-6-15-14)11-16-12(2)3/h4-6,10,12,16,18H,1,7-9,11H2,2-3H3. The van der Waals surface area contributed by atoms with Crippen LogP contribution in [0.3, 0.4) is 0 Å². The topological polar surface area (TPSA) is 48.4 Å². The second-order valence-electron chi connectivity index (χ2n) is 4.52.